The molecule has 2 nitrogen and oxygen atoms in total. The van der Waals surface area contributed by atoms with Gasteiger partial charge in [0.1, 0.15) is 0 Å². The smallest absolute Gasteiger partial charge is 0.0739 e. The second-order valence-electron chi connectivity index (χ2n) is 6.46. The van der Waals surface area contributed by atoms with Crippen LogP contribution in [0, 0.1) is 6.92 Å². The lowest BCUT2D eigenvalue weighted by atomic mass is 9.81. The Morgan fingerprint density at radius 1 is 1.20 bits per heavy atom. The van der Waals surface area contributed by atoms with Crippen molar-refractivity contribution in [3.8, 4) is 0 Å². The van der Waals surface area contributed by atoms with Crippen molar-refractivity contribution in [3.05, 3.63) is 39.5 Å². The second kappa shape index (κ2) is 4.71. The minimum absolute atomic E-state index is 0.375. The lowest BCUT2D eigenvalue weighted by Gasteiger charge is -2.29. The number of aryl methyl sites for hydroxylation is 2. The second-order valence-corrected chi connectivity index (χ2v) is 6.90. The minimum atomic E-state index is -0.375. The summed E-state index contributed by atoms with van der Waals surface area (Å²) in [7, 11) is 0. The van der Waals surface area contributed by atoms with Crippen LogP contribution < -0.4 is 5.73 Å². The summed E-state index contributed by atoms with van der Waals surface area (Å²) in [5.41, 5.74) is 12.1. The van der Waals surface area contributed by atoms with Crippen LogP contribution in [0.1, 0.15) is 49.1 Å². The molecule has 0 atom stereocenters. The van der Waals surface area contributed by atoms with Crippen molar-refractivity contribution < 1.29 is 0 Å². The van der Waals surface area contributed by atoms with Crippen molar-refractivity contribution >= 4 is 22.5 Å². The summed E-state index contributed by atoms with van der Waals surface area (Å²) >= 11 is 6.26. The van der Waals surface area contributed by atoms with Gasteiger partial charge in [-0.2, -0.15) is 0 Å². The molecule has 2 aromatic rings. The molecule has 0 saturated heterocycles. The summed E-state index contributed by atoms with van der Waals surface area (Å²) < 4.78 is 0. The van der Waals surface area contributed by atoms with Crippen LogP contribution in [0.15, 0.2) is 12.1 Å². The van der Waals surface area contributed by atoms with Gasteiger partial charge in [0.2, 0.25) is 0 Å². The van der Waals surface area contributed by atoms with E-state index in [0.717, 1.165) is 34.3 Å². The lowest BCUT2D eigenvalue weighted by Crippen LogP contribution is -2.32. The fraction of sp³-hybridized carbons (Fsp3) is 0.471. The number of halogens is 1. The van der Waals surface area contributed by atoms with Gasteiger partial charge in [0.15, 0.2) is 0 Å². The Labute approximate surface area is 125 Å². The van der Waals surface area contributed by atoms with Gasteiger partial charge in [-0.05, 0) is 75.3 Å². The Hall–Kier alpha value is -1.12. The molecule has 1 aliphatic carbocycles. The van der Waals surface area contributed by atoms with Crippen LogP contribution in [0.25, 0.3) is 10.9 Å². The third kappa shape index (κ3) is 2.21. The molecule has 0 unspecified atom stereocenters. The van der Waals surface area contributed by atoms with Crippen LogP contribution in [0.4, 0.5) is 0 Å². The number of hydrogen-bond donors (Lipinski definition) is 1. The van der Waals surface area contributed by atoms with E-state index < -0.39 is 0 Å². The van der Waals surface area contributed by atoms with Gasteiger partial charge in [-0.25, -0.2) is 0 Å². The van der Waals surface area contributed by atoms with Crippen LogP contribution in [0.3, 0.4) is 0 Å². The van der Waals surface area contributed by atoms with E-state index in [1.54, 1.807) is 0 Å². The molecule has 1 aromatic heterocycles. The van der Waals surface area contributed by atoms with Gasteiger partial charge in [-0.15, -0.1) is 0 Å². The fourth-order valence-electron chi connectivity index (χ4n) is 3.39. The SMILES string of the molecule is Cc1cc(Cl)cc2c(C(C)(C)N)c3c(nc12)CCCC3. The number of benzene rings is 1. The maximum atomic E-state index is 6.48. The summed E-state index contributed by atoms with van der Waals surface area (Å²) in [6, 6.07) is 4.01. The topological polar surface area (TPSA) is 38.9 Å². The predicted molar refractivity (Wildman–Crippen MR) is 85.3 cm³/mol. The zero-order valence-corrected chi connectivity index (χ0v) is 13.1. The molecule has 1 heterocycles. The maximum Gasteiger partial charge on any atom is 0.0739 e. The third-order valence-electron chi connectivity index (χ3n) is 4.17. The van der Waals surface area contributed by atoms with E-state index in [-0.39, 0.29) is 5.54 Å². The first-order chi connectivity index (χ1) is 9.38. The highest BCUT2D eigenvalue weighted by Crippen LogP contribution is 2.36. The number of pyridine rings is 1. The van der Waals surface area contributed by atoms with Gasteiger partial charge >= 0.3 is 0 Å². The normalized spacial score (nSPS) is 15.4. The summed E-state index contributed by atoms with van der Waals surface area (Å²) in [5, 5.41) is 1.89. The molecule has 3 rings (SSSR count). The third-order valence-corrected chi connectivity index (χ3v) is 4.38. The molecular formula is C17H21ClN2. The first kappa shape index (κ1) is 13.8. The van der Waals surface area contributed by atoms with Gasteiger partial charge in [0.25, 0.3) is 0 Å². The molecule has 0 aliphatic heterocycles. The highest BCUT2D eigenvalue weighted by atomic mass is 35.5. The van der Waals surface area contributed by atoms with Gasteiger partial charge in [-0.3, -0.25) is 4.98 Å². The molecule has 3 heteroatoms. The van der Waals surface area contributed by atoms with Crippen molar-refractivity contribution in [2.24, 2.45) is 5.73 Å². The Morgan fingerprint density at radius 2 is 1.90 bits per heavy atom. The fourth-order valence-corrected chi connectivity index (χ4v) is 3.66. The van der Waals surface area contributed by atoms with E-state index in [2.05, 4.69) is 20.8 Å². The van der Waals surface area contributed by atoms with Crippen LogP contribution in [-0.2, 0) is 18.4 Å². The van der Waals surface area contributed by atoms with Crippen molar-refractivity contribution in [2.45, 2.75) is 52.0 Å². The van der Waals surface area contributed by atoms with Gasteiger partial charge in [-0.1, -0.05) is 11.6 Å². The van der Waals surface area contributed by atoms with E-state index in [1.807, 2.05) is 12.1 Å². The predicted octanol–water partition coefficient (Wildman–Crippen LogP) is 4.27. The molecular weight excluding hydrogens is 268 g/mol. The zero-order valence-electron chi connectivity index (χ0n) is 12.4. The molecule has 0 saturated carbocycles. The van der Waals surface area contributed by atoms with E-state index in [1.165, 1.54) is 29.7 Å². The van der Waals surface area contributed by atoms with Gasteiger partial charge in [0, 0.05) is 21.6 Å². The van der Waals surface area contributed by atoms with E-state index in [4.69, 9.17) is 22.3 Å². The molecule has 0 fully saturated rings. The molecule has 1 aliphatic rings. The number of hydrogen-bond acceptors (Lipinski definition) is 2. The van der Waals surface area contributed by atoms with E-state index >= 15 is 0 Å². The first-order valence-corrected chi connectivity index (χ1v) is 7.66. The first-order valence-electron chi connectivity index (χ1n) is 7.29. The summed E-state index contributed by atoms with van der Waals surface area (Å²) in [6.45, 7) is 6.23. The Kier molecular flexibility index (Phi) is 3.26. The highest BCUT2D eigenvalue weighted by Gasteiger charge is 2.26. The molecule has 1 aromatic carbocycles. The van der Waals surface area contributed by atoms with Crippen molar-refractivity contribution in [3.63, 3.8) is 0 Å². The lowest BCUT2D eigenvalue weighted by molar-refractivity contribution is 0.541. The number of aromatic nitrogens is 1. The number of nitrogens with two attached hydrogens (primary N) is 1. The molecule has 2 N–H and O–H groups in total. The molecule has 0 radical (unpaired) electrons. The average molecular weight is 289 g/mol. The summed E-state index contributed by atoms with van der Waals surface area (Å²) in [5.74, 6) is 0. The summed E-state index contributed by atoms with van der Waals surface area (Å²) in [6.07, 6.45) is 4.60. The van der Waals surface area contributed by atoms with Crippen molar-refractivity contribution in [1.29, 1.82) is 0 Å². The maximum absolute atomic E-state index is 6.48. The van der Waals surface area contributed by atoms with E-state index in [0.29, 0.717) is 0 Å². The standard InChI is InChI=1S/C17H21ClN2/c1-10-8-11(18)9-13-15(17(2,3)19)12-6-4-5-7-14(12)20-16(10)13/h8-9H,4-7,19H2,1-3H3. The van der Waals surface area contributed by atoms with Crippen molar-refractivity contribution in [1.82, 2.24) is 4.98 Å². The van der Waals surface area contributed by atoms with Gasteiger partial charge in [0.05, 0.1) is 5.52 Å². The molecule has 20 heavy (non-hydrogen) atoms. The zero-order chi connectivity index (χ0) is 14.5. The highest BCUT2D eigenvalue weighted by molar-refractivity contribution is 6.31. The van der Waals surface area contributed by atoms with Crippen LogP contribution in [0.2, 0.25) is 5.02 Å². The molecule has 0 bridgehead atoms. The quantitative estimate of drug-likeness (QED) is 0.851. The number of fused-ring (bicyclic) bond motifs is 2. The Morgan fingerprint density at radius 3 is 2.60 bits per heavy atom. The summed E-state index contributed by atoms with van der Waals surface area (Å²) in [4.78, 5) is 4.92. The van der Waals surface area contributed by atoms with Gasteiger partial charge < -0.3 is 5.73 Å². The Bertz CT molecular complexity index is 684. The minimum Gasteiger partial charge on any atom is -0.322 e. The molecule has 0 spiro atoms. The molecule has 106 valence electrons. The largest absolute Gasteiger partial charge is 0.322 e. The average Bonchev–Trinajstić information content (AvgIpc) is 2.35. The number of rotatable bonds is 1. The number of nitrogens with zero attached hydrogens (tertiary/aromatic N) is 1. The Balaban J connectivity index is 2.46. The van der Waals surface area contributed by atoms with Crippen LogP contribution >= 0.6 is 11.6 Å². The van der Waals surface area contributed by atoms with E-state index in [9.17, 15) is 0 Å². The monoisotopic (exact) mass is 288 g/mol. The van der Waals surface area contributed by atoms with Crippen molar-refractivity contribution in [2.75, 3.05) is 0 Å². The van der Waals surface area contributed by atoms with Crippen LogP contribution in [-0.4, -0.2) is 4.98 Å². The van der Waals surface area contributed by atoms with Crippen LogP contribution in [0.5, 0.6) is 0 Å². The molecule has 0 amide bonds.